The Morgan fingerprint density at radius 3 is 2.65 bits per heavy atom. The highest BCUT2D eigenvalue weighted by Crippen LogP contribution is 2.21. The van der Waals surface area contributed by atoms with E-state index in [1.54, 1.807) is 4.68 Å². The van der Waals surface area contributed by atoms with Gasteiger partial charge in [0.1, 0.15) is 11.5 Å². The van der Waals surface area contributed by atoms with Crippen LogP contribution >= 0.6 is 0 Å². The number of oxazole rings is 1. The third kappa shape index (κ3) is 3.39. The zero-order valence-electron chi connectivity index (χ0n) is 13.3. The predicted molar refractivity (Wildman–Crippen MR) is 87.6 cm³/mol. The smallest absolute Gasteiger partial charge is 0.207 e. The van der Waals surface area contributed by atoms with Gasteiger partial charge in [0.2, 0.25) is 5.89 Å². The molecule has 0 saturated carbocycles. The zero-order valence-corrected chi connectivity index (χ0v) is 14.1. The van der Waals surface area contributed by atoms with E-state index in [0.29, 0.717) is 11.6 Å². The Balaban J connectivity index is 1.74. The molecule has 0 aliphatic rings. The van der Waals surface area contributed by atoms with Gasteiger partial charge in [0, 0.05) is 10.8 Å². The van der Waals surface area contributed by atoms with Gasteiger partial charge in [-0.25, -0.2) is 9.67 Å². The van der Waals surface area contributed by atoms with E-state index in [0.717, 1.165) is 17.1 Å². The van der Waals surface area contributed by atoms with Gasteiger partial charge in [0.15, 0.2) is 0 Å². The lowest BCUT2D eigenvalue weighted by Crippen LogP contribution is -2.06. The van der Waals surface area contributed by atoms with E-state index in [-0.39, 0.29) is 11.0 Å². The van der Waals surface area contributed by atoms with Gasteiger partial charge in [-0.1, -0.05) is 23.4 Å². The van der Waals surface area contributed by atoms with Crippen molar-refractivity contribution in [2.45, 2.75) is 31.8 Å². The van der Waals surface area contributed by atoms with Gasteiger partial charge in [-0.3, -0.25) is 4.21 Å². The maximum absolute atomic E-state index is 12.5. The second-order valence-electron chi connectivity index (χ2n) is 5.34. The minimum absolute atomic E-state index is 0.250. The van der Waals surface area contributed by atoms with Crippen LogP contribution in [0, 0.1) is 13.8 Å². The Labute approximate surface area is 137 Å². The van der Waals surface area contributed by atoms with Crippen LogP contribution in [0.5, 0.6) is 0 Å². The molecule has 2 aromatic heterocycles. The van der Waals surface area contributed by atoms with Crippen molar-refractivity contribution in [3.05, 3.63) is 59.6 Å². The molecule has 0 N–H and O–H groups in total. The normalized spacial score (nSPS) is 13.9. The second kappa shape index (κ2) is 6.45. The molecule has 0 aliphatic carbocycles. The molecule has 3 aromatic rings. The van der Waals surface area contributed by atoms with E-state index in [1.807, 2.05) is 57.3 Å². The maximum atomic E-state index is 12.5. The summed E-state index contributed by atoms with van der Waals surface area (Å²) in [6.45, 7) is 5.60. The number of nitrogens with zero attached hydrogens (tertiary/aromatic N) is 4. The first-order chi connectivity index (χ1) is 11.0. The Hall–Kier alpha value is -2.28. The van der Waals surface area contributed by atoms with Crippen LogP contribution in [-0.2, 0) is 16.6 Å². The average molecular weight is 330 g/mol. The van der Waals surface area contributed by atoms with Gasteiger partial charge in [-0.2, -0.15) is 0 Å². The molecule has 7 heteroatoms. The lowest BCUT2D eigenvalue weighted by Gasteiger charge is -2.06. The highest BCUT2D eigenvalue weighted by molar-refractivity contribution is 7.84. The van der Waals surface area contributed by atoms with Crippen molar-refractivity contribution in [2.75, 3.05) is 0 Å². The first kappa shape index (κ1) is 15.6. The molecule has 6 nitrogen and oxygen atoms in total. The van der Waals surface area contributed by atoms with Crippen molar-refractivity contribution in [2.24, 2.45) is 0 Å². The van der Waals surface area contributed by atoms with E-state index in [1.165, 1.54) is 0 Å². The third-order valence-corrected chi connectivity index (χ3v) is 5.24. The molecule has 23 heavy (non-hydrogen) atoms. The fourth-order valence-corrected chi connectivity index (χ4v) is 3.15. The quantitative estimate of drug-likeness (QED) is 0.719. The molecule has 0 saturated heterocycles. The number of hydrogen-bond donors (Lipinski definition) is 0. The first-order valence-electron chi connectivity index (χ1n) is 7.32. The minimum Gasteiger partial charge on any atom is -0.445 e. The molecule has 3 rings (SSSR count). The summed E-state index contributed by atoms with van der Waals surface area (Å²) in [4.78, 5) is 4.28. The molecule has 0 fully saturated rings. The summed E-state index contributed by atoms with van der Waals surface area (Å²) in [5, 5.41) is 8.01. The van der Waals surface area contributed by atoms with Crippen molar-refractivity contribution in [3.8, 4) is 5.69 Å². The number of aromatic nitrogens is 4. The van der Waals surface area contributed by atoms with E-state index in [4.69, 9.17) is 4.42 Å². The number of benzene rings is 1. The Kier molecular flexibility index (Phi) is 4.38. The van der Waals surface area contributed by atoms with Crippen molar-refractivity contribution in [1.29, 1.82) is 0 Å². The minimum atomic E-state index is -1.18. The molecule has 2 heterocycles. The third-order valence-electron chi connectivity index (χ3n) is 3.68. The Morgan fingerprint density at radius 2 is 2.00 bits per heavy atom. The molecule has 0 spiro atoms. The summed E-state index contributed by atoms with van der Waals surface area (Å²) in [5.74, 6) is 1.54. The molecule has 0 bridgehead atoms. The van der Waals surface area contributed by atoms with Crippen molar-refractivity contribution < 1.29 is 8.63 Å². The van der Waals surface area contributed by atoms with Crippen LogP contribution in [0.25, 0.3) is 5.69 Å². The van der Waals surface area contributed by atoms with Crippen LogP contribution < -0.4 is 0 Å². The second-order valence-corrected chi connectivity index (χ2v) is 7.10. The molecule has 0 amide bonds. The average Bonchev–Trinajstić information content (AvgIpc) is 3.15. The molecule has 120 valence electrons. The summed E-state index contributed by atoms with van der Waals surface area (Å²) < 4.78 is 19.7. The first-order valence-corrected chi connectivity index (χ1v) is 8.70. The van der Waals surface area contributed by atoms with Crippen LogP contribution in [0.1, 0.15) is 35.2 Å². The van der Waals surface area contributed by atoms with Crippen LogP contribution in [-0.4, -0.2) is 24.2 Å². The molecule has 0 unspecified atom stereocenters. The van der Waals surface area contributed by atoms with Gasteiger partial charge in [0.05, 0.1) is 28.5 Å². The standard InChI is InChI=1S/C16H18N4O2S/c1-11-12(2)22-16(17-11)10-23(21)13(3)15-9-20(19-18-15)14-7-5-4-6-8-14/h4-9,13H,10H2,1-3H3/t13-,23+/m1/s1. The molecule has 0 radical (unpaired) electrons. The molecule has 2 atom stereocenters. The number of rotatable bonds is 5. The van der Waals surface area contributed by atoms with Crippen molar-refractivity contribution in [1.82, 2.24) is 20.0 Å². The summed E-state index contributed by atoms with van der Waals surface area (Å²) in [6, 6.07) is 9.70. The van der Waals surface area contributed by atoms with Gasteiger partial charge >= 0.3 is 0 Å². The Morgan fingerprint density at radius 1 is 1.26 bits per heavy atom. The van der Waals surface area contributed by atoms with E-state index < -0.39 is 10.8 Å². The van der Waals surface area contributed by atoms with Gasteiger partial charge in [-0.15, -0.1) is 5.10 Å². The lowest BCUT2D eigenvalue weighted by molar-refractivity contribution is 0.487. The number of para-hydroxylation sites is 1. The highest BCUT2D eigenvalue weighted by atomic mass is 32.2. The summed E-state index contributed by atoms with van der Waals surface area (Å²) in [7, 11) is -1.18. The zero-order chi connectivity index (χ0) is 16.4. The van der Waals surface area contributed by atoms with Gasteiger partial charge in [0.25, 0.3) is 0 Å². The summed E-state index contributed by atoms with van der Waals surface area (Å²) >= 11 is 0. The SMILES string of the molecule is Cc1nc(C[S@](=O)[C@H](C)c2cn(-c3ccccc3)nn2)oc1C. The number of aryl methyl sites for hydroxylation is 2. The molecule has 1 aromatic carbocycles. The van der Waals surface area contributed by atoms with Gasteiger partial charge in [-0.05, 0) is 32.9 Å². The highest BCUT2D eigenvalue weighted by Gasteiger charge is 2.20. The van der Waals surface area contributed by atoms with E-state index in [9.17, 15) is 4.21 Å². The van der Waals surface area contributed by atoms with Crippen LogP contribution in [0.2, 0.25) is 0 Å². The van der Waals surface area contributed by atoms with Gasteiger partial charge < -0.3 is 4.42 Å². The van der Waals surface area contributed by atoms with Crippen LogP contribution in [0.3, 0.4) is 0 Å². The van der Waals surface area contributed by atoms with E-state index in [2.05, 4.69) is 15.3 Å². The summed E-state index contributed by atoms with van der Waals surface area (Å²) in [6.07, 6.45) is 1.81. The topological polar surface area (TPSA) is 73.8 Å². The lowest BCUT2D eigenvalue weighted by atomic mass is 10.3. The maximum Gasteiger partial charge on any atom is 0.207 e. The number of hydrogen-bond acceptors (Lipinski definition) is 5. The van der Waals surface area contributed by atoms with Crippen molar-refractivity contribution >= 4 is 10.8 Å². The fraction of sp³-hybridized carbons (Fsp3) is 0.312. The predicted octanol–water partition coefficient (Wildman–Crippen LogP) is 2.88. The van der Waals surface area contributed by atoms with Crippen LogP contribution in [0.15, 0.2) is 40.9 Å². The molecule has 0 aliphatic heterocycles. The molecular weight excluding hydrogens is 312 g/mol. The largest absolute Gasteiger partial charge is 0.445 e. The van der Waals surface area contributed by atoms with Crippen LogP contribution in [0.4, 0.5) is 0 Å². The summed E-state index contributed by atoms with van der Waals surface area (Å²) in [5.41, 5.74) is 2.44. The monoisotopic (exact) mass is 330 g/mol. The fourth-order valence-electron chi connectivity index (χ4n) is 2.15. The Bertz CT molecular complexity index is 806. The molecular formula is C16H18N4O2S. The van der Waals surface area contributed by atoms with E-state index >= 15 is 0 Å². The van der Waals surface area contributed by atoms with Crippen molar-refractivity contribution in [3.63, 3.8) is 0 Å².